The van der Waals surface area contributed by atoms with E-state index in [-0.39, 0.29) is 11.6 Å². The van der Waals surface area contributed by atoms with Crippen molar-refractivity contribution in [1.82, 2.24) is 9.97 Å². The molecule has 5 nitrogen and oxygen atoms in total. The lowest BCUT2D eigenvalue weighted by atomic mass is 10.1. The van der Waals surface area contributed by atoms with E-state index >= 15 is 0 Å². The third-order valence-corrected chi connectivity index (χ3v) is 3.26. The number of aromatic carboxylic acids is 1. The molecule has 0 fully saturated rings. The molecular weight excluding hydrogens is 280 g/mol. The fourth-order valence-electron chi connectivity index (χ4n) is 1.99. The lowest BCUT2D eigenvalue weighted by Crippen LogP contribution is -2.02. The highest BCUT2D eigenvalue weighted by atomic mass is 35.5. The first-order valence-corrected chi connectivity index (χ1v) is 6.49. The van der Waals surface area contributed by atoms with Gasteiger partial charge in [0.1, 0.15) is 11.6 Å². The molecule has 0 bridgehead atoms. The quantitative estimate of drug-likeness (QED) is 0.904. The van der Waals surface area contributed by atoms with Crippen molar-refractivity contribution in [2.75, 3.05) is 7.11 Å². The van der Waals surface area contributed by atoms with Gasteiger partial charge in [0.25, 0.3) is 0 Å². The molecule has 2 N–H and O–H groups in total. The summed E-state index contributed by atoms with van der Waals surface area (Å²) in [6.07, 6.45) is 0. The summed E-state index contributed by atoms with van der Waals surface area (Å²) in [5.41, 5.74) is 1.14. The summed E-state index contributed by atoms with van der Waals surface area (Å²) >= 11 is 6.18. The number of imidazole rings is 1. The molecule has 0 saturated carbocycles. The highest BCUT2D eigenvalue weighted by Gasteiger charge is 2.22. The molecule has 2 aromatic rings. The monoisotopic (exact) mass is 294 g/mol. The first kappa shape index (κ1) is 14.4. The van der Waals surface area contributed by atoms with Crippen LogP contribution in [0.2, 0.25) is 5.02 Å². The molecular formula is C14H15ClN2O3. The van der Waals surface area contributed by atoms with Crippen LogP contribution in [0.15, 0.2) is 18.2 Å². The van der Waals surface area contributed by atoms with Gasteiger partial charge in [0.05, 0.1) is 23.4 Å². The predicted molar refractivity (Wildman–Crippen MR) is 76.6 cm³/mol. The maximum Gasteiger partial charge on any atom is 0.356 e. The number of hydrogen-bond donors (Lipinski definition) is 2. The molecule has 0 saturated heterocycles. The minimum Gasteiger partial charge on any atom is -0.496 e. The van der Waals surface area contributed by atoms with Crippen molar-refractivity contribution in [3.8, 4) is 17.1 Å². The van der Waals surface area contributed by atoms with Gasteiger partial charge in [-0.2, -0.15) is 0 Å². The lowest BCUT2D eigenvalue weighted by molar-refractivity contribution is 0.0689. The van der Waals surface area contributed by atoms with E-state index < -0.39 is 5.97 Å². The van der Waals surface area contributed by atoms with Crippen molar-refractivity contribution in [3.63, 3.8) is 0 Å². The van der Waals surface area contributed by atoms with Crippen LogP contribution in [0.1, 0.15) is 35.9 Å². The molecule has 106 valence electrons. The van der Waals surface area contributed by atoms with Gasteiger partial charge < -0.3 is 14.8 Å². The van der Waals surface area contributed by atoms with Crippen LogP contribution in [0.3, 0.4) is 0 Å². The number of rotatable bonds is 4. The first-order valence-electron chi connectivity index (χ1n) is 6.11. The Kier molecular flexibility index (Phi) is 3.99. The predicted octanol–water partition coefficient (Wildman–Crippen LogP) is 3.56. The maximum atomic E-state index is 11.3. The van der Waals surface area contributed by atoms with Crippen LogP contribution in [-0.4, -0.2) is 28.2 Å². The smallest absolute Gasteiger partial charge is 0.356 e. The summed E-state index contributed by atoms with van der Waals surface area (Å²) in [6.45, 7) is 3.79. The molecule has 1 heterocycles. The van der Waals surface area contributed by atoms with Crippen LogP contribution in [0, 0.1) is 0 Å². The van der Waals surface area contributed by atoms with Crippen LogP contribution in [0.5, 0.6) is 5.75 Å². The normalized spacial score (nSPS) is 10.8. The van der Waals surface area contributed by atoms with E-state index in [0.29, 0.717) is 27.9 Å². The number of aromatic amines is 1. The molecule has 6 heteroatoms. The van der Waals surface area contributed by atoms with Gasteiger partial charge >= 0.3 is 5.97 Å². The molecule has 0 aliphatic carbocycles. The molecule has 0 amide bonds. The zero-order valence-electron chi connectivity index (χ0n) is 11.4. The summed E-state index contributed by atoms with van der Waals surface area (Å²) < 4.78 is 5.26. The number of hydrogen-bond acceptors (Lipinski definition) is 3. The number of nitrogens with zero attached hydrogens (tertiary/aromatic N) is 1. The van der Waals surface area contributed by atoms with Crippen molar-refractivity contribution >= 4 is 17.6 Å². The second-order valence-corrected chi connectivity index (χ2v) is 5.03. The Bertz CT molecular complexity index is 650. The van der Waals surface area contributed by atoms with Gasteiger partial charge in [0, 0.05) is 0 Å². The van der Waals surface area contributed by atoms with Crippen LogP contribution in [0.4, 0.5) is 0 Å². The van der Waals surface area contributed by atoms with Gasteiger partial charge in [-0.1, -0.05) is 31.5 Å². The summed E-state index contributed by atoms with van der Waals surface area (Å²) in [5.74, 6) is -0.120. The molecule has 0 unspecified atom stereocenters. The molecule has 1 aromatic carbocycles. The van der Waals surface area contributed by atoms with Crippen molar-refractivity contribution in [2.24, 2.45) is 0 Å². The Morgan fingerprint density at radius 3 is 2.65 bits per heavy atom. The largest absolute Gasteiger partial charge is 0.496 e. The average molecular weight is 295 g/mol. The summed E-state index contributed by atoms with van der Waals surface area (Å²) in [5, 5.41) is 9.67. The number of carboxylic acids is 1. The lowest BCUT2D eigenvalue weighted by Gasteiger charge is -2.07. The van der Waals surface area contributed by atoms with Gasteiger partial charge in [-0.05, 0) is 18.1 Å². The number of halogens is 1. The maximum absolute atomic E-state index is 11.3. The number of nitrogens with one attached hydrogen (secondary N) is 1. The number of carboxylic acid groups (broad SMARTS) is 1. The van der Waals surface area contributed by atoms with Crippen molar-refractivity contribution in [2.45, 2.75) is 19.8 Å². The van der Waals surface area contributed by atoms with Crippen LogP contribution >= 0.6 is 11.6 Å². The zero-order valence-corrected chi connectivity index (χ0v) is 12.2. The van der Waals surface area contributed by atoms with E-state index in [1.54, 1.807) is 18.2 Å². The van der Waals surface area contributed by atoms with E-state index in [2.05, 4.69) is 9.97 Å². The van der Waals surface area contributed by atoms with Crippen molar-refractivity contribution in [1.29, 1.82) is 0 Å². The Morgan fingerprint density at radius 2 is 2.15 bits per heavy atom. The van der Waals surface area contributed by atoms with Crippen LogP contribution in [-0.2, 0) is 0 Å². The van der Waals surface area contributed by atoms with E-state index in [4.69, 9.17) is 16.3 Å². The second kappa shape index (κ2) is 5.54. The average Bonchev–Trinajstić information content (AvgIpc) is 2.83. The van der Waals surface area contributed by atoms with E-state index in [0.717, 1.165) is 0 Å². The minimum atomic E-state index is -1.07. The molecule has 0 atom stereocenters. The number of ether oxygens (including phenoxy) is 1. The van der Waals surface area contributed by atoms with E-state index in [1.807, 2.05) is 13.8 Å². The fourth-order valence-corrected chi connectivity index (χ4v) is 2.25. The highest BCUT2D eigenvalue weighted by Crippen LogP contribution is 2.35. The first-order chi connectivity index (χ1) is 9.45. The van der Waals surface area contributed by atoms with Gasteiger partial charge in [-0.25, -0.2) is 9.78 Å². The Balaban J connectivity index is 2.65. The number of methoxy groups -OCH3 is 1. The molecule has 20 heavy (non-hydrogen) atoms. The fraction of sp³-hybridized carbons (Fsp3) is 0.286. The summed E-state index contributed by atoms with van der Waals surface area (Å²) in [6, 6.07) is 5.21. The molecule has 0 aliphatic rings. The molecule has 2 rings (SSSR count). The number of benzene rings is 1. The van der Waals surface area contributed by atoms with Crippen LogP contribution < -0.4 is 4.74 Å². The van der Waals surface area contributed by atoms with Crippen molar-refractivity contribution < 1.29 is 14.6 Å². The van der Waals surface area contributed by atoms with E-state index in [1.165, 1.54) is 7.11 Å². The second-order valence-electron chi connectivity index (χ2n) is 4.62. The van der Waals surface area contributed by atoms with Crippen LogP contribution in [0.25, 0.3) is 11.4 Å². The number of carbonyl (C=O) groups is 1. The summed E-state index contributed by atoms with van der Waals surface area (Å²) in [7, 11) is 1.53. The number of aromatic nitrogens is 2. The molecule has 0 spiro atoms. The van der Waals surface area contributed by atoms with E-state index in [9.17, 15) is 9.90 Å². The summed E-state index contributed by atoms with van der Waals surface area (Å²) in [4.78, 5) is 18.5. The van der Waals surface area contributed by atoms with Gasteiger partial charge in [-0.15, -0.1) is 0 Å². The molecule has 0 aliphatic heterocycles. The Morgan fingerprint density at radius 1 is 1.45 bits per heavy atom. The SMILES string of the molecule is COc1cccc(Cl)c1-c1nc(C(=O)O)c(C(C)C)[nH]1. The van der Waals surface area contributed by atoms with Gasteiger partial charge in [0.15, 0.2) is 5.69 Å². The zero-order chi connectivity index (χ0) is 14.9. The molecule has 1 aromatic heterocycles. The standard InChI is InChI=1S/C14H15ClN2O3/c1-7(2)11-12(14(18)19)17-13(16-11)10-8(15)5-4-6-9(10)20-3/h4-7H,1-3H3,(H,16,17)(H,18,19). The highest BCUT2D eigenvalue weighted by molar-refractivity contribution is 6.33. The Labute approximate surface area is 121 Å². The molecule has 0 radical (unpaired) electrons. The third-order valence-electron chi connectivity index (χ3n) is 2.94. The van der Waals surface area contributed by atoms with Crippen molar-refractivity contribution in [3.05, 3.63) is 34.6 Å². The minimum absolute atomic E-state index is 0.0100. The van der Waals surface area contributed by atoms with Gasteiger partial charge in [0.2, 0.25) is 0 Å². The third kappa shape index (κ3) is 2.49. The van der Waals surface area contributed by atoms with Gasteiger partial charge in [-0.3, -0.25) is 0 Å². The Hall–Kier alpha value is -2.01. The number of H-pyrrole nitrogens is 1. The topological polar surface area (TPSA) is 75.2 Å².